The van der Waals surface area contributed by atoms with E-state index in [1.807, 2.05) is 37.3 Å². The number of ketones is 1. The van der Waals surface area contributed by atoms with Gasteiger partial charge in [-0.25, -0.2) is 4.68 Å². The number of carbonyl (C=O) groups is 2. The lowest BCUT2D eigenvalue weighted by Gasteiger charge is -2.34. The number of nitrogens with zero attached hydrogens (tertiary/aromatic N) is 3. The summed E-state index contributed by atoms with van der Waals surface area (Å²) in [4.78, 5) is 42.9. The van der Waals surface area contributed by atoms with Gasteiger partial charge in [-0.15, -0.1) is 0 Å². The second-order valence-corrected chi connectivity index (χ2v) is 9.91. The Bertz CT molecular complexity index is 1610. The number of hydrogen-bond donors (Lipinski definition) is 1. The molecule has 37 heavy (non-hydrogen) atoms. The Morgan fingerprint density at radius 1 is 0.838 bits per heavy atom. The van der Waals surface area contributed by atoms with Crippen LogP contribution < -0.4 is 10.5 Å². The summed E-state index contributed by atoms with van der Waals surface area (Å²) in [7, 11) is 1.71. The highest BCUT2D eigenvalue weighted by Gasteiger charge is 2.45. The first-order valence-corrected chi connectivity index (χ1v) is 12.5. The predicted octanol–water partition coefficient (Wildman–Crippen LogP) is 5.18. The zero-order valence-electron chi connectivity index (χ0n) is 20.5. The molecule has 0 saturated heterocycles. The van der Waals surface area contributed by atoms with Crippen molar-refractivity contribution in [3.63, 3.8) is 0 Å². The minimum Gasteiger partial charge on any atom is -0.502 e. The average Bonchev–Trinajstić information content (AvgIpc) is 3.11. The molecule has 1 N–H and O–H groups in total. The van der Waals surface area contributed by atoms with Crippen LogP contribution in [0.5, 0.6) is 0 Å². The normalized spacial score (nSPS) is 16.0. The monoisotopic (exact) mass is 557 g/mol. The van der Waals surface area contributed by atoms with Gasteiger partial charge in [-0.3, -0.25) is 24.0 Å². The second-order valence-electron chi connectivity index (χ2n) is 8.99. The van der Waals surface area contributed by atoms with Crippen molar-refractivity contribution in [3.05, 3.63) is 122 Å². The fourth-order valence-corrected chi connectivity index (χ4v) is 4.98. The third-order valence-corrected chi connectivity index (χ3v) is 7.23. The van der Waals surface area contributed by atoms with Gasteiger partial charge in [0.05, 0.1) is 17.0 Å². The number of halogens is 1. The largest absolute Gasteiger partial charge is 0.502 e. The maximum atomic E-state index is 14.1. The van der Waals surface area contributed by atoms with Crippen LogP contribution in [-0.4, -0.2) is 26.2 Å². The summed E-state index contributed by atoms with van der Waals surface area (Å²) in [6.45, 7) is 3.62. The standard InChI is InChI=1S/C29H24BrN3O4/c1-17-9-11-19(12-10-17)23-26(34)25(20-13-15-21(30)16-14-20)32(29(37)27(23)35)24-18(2)31(3)33(28(24)36)22-7-5-4-6-8-22/h4-16,25,35H,1-3H3/t25-/m0/s1. The molecule has 3 aromatic carbocycles. The molecule has 0 radical (unpaired) electrons. The molecular weight excluding hydrogens is 534 g/mol. The molecule has 1 aromatic heterocycles. The van der Waals surface area contributed by atoms with Gasteiger partial charge in [0.1, 0.15) is 11.7 Å². The average molecular weight is 558 g/mol. The highest BCUT2D eigenvalue weighted by atomic mass is 79.9. The van der Waals surface area contributed by atoms with Gasteiger partial charge in [0.15, 0.2) is 11.5 Å². The van der Waals surface area contributed by atoms with E-state index in [2.05, 4.69) is 15.9 Å². The highest BCUT2D eigenvalue weighted by Crippen LogP contribution is 2.39. The molecule has 0 fully saturated rings. The lowest BCUT2D eigenvalue weighted by atomic mass is 9.87. The third-order valence-electron chi connectivity index (χ3n) is 6.70. The number of aliphatic hydroxyl groups is 1. The maximum absolute atomic E-state index is 14.1. The number of aryl methyl sites for hydroxylation is 1. The minimum atomic E-state index is -1.15. The fraction of sp³-hybridized carbons (Fsp3) is 0.138. The zero-order chi connectivity index (χ0) is 26.4. The number of hydrogen-bond acceptors (Lipinski definition) is 4. The maximum Gasteiger partial charge on any atom is 0.295 e. The molecule has 0 spiro atoms. The van der Waals surface area contributed by atoms with Crippen molar-refractivity contribution in [2.24, 2.45) is 7.05 Å². The minimum absolute atomic E-state index is 0.0344. The topological polar surface area (TPSA) is 84.5 Å². The Hall–Kier alpha value is -4.17. The molecular formula is C29H24BrN3O4. The summed E-state index contributed by atoms with van der Waals surface area (Å²) in [5, 5.41) is 11.1. The molecule has 0 aliphatic carbocycles. The van der Waals surface area contributed by atoms with Crippen LogP contribution >= 0.6 is 15.9 Å². The van der Waals surface area contributed by atoms with Gasteiger partial charge in [-0.2, -0.15) is 0 Å². The molecule has 4 aromatic rings. The van der Waals surface area contributed by atoms with Crippen LogP contribution in [0.3, 0.4) is 0 Å². The predicted molar refractivity (Wildman–Crippen MR) is 146 cm³/mol. The first-order valence-electron chi connectivity index (χ1n) is 11.7. The molecule has 0 unspecified atom stereocenters. The van der Waals surface area contributed by atoms with Crippen molar-refractivity contribution in [1.29, 1.82) is 0 Å². The van der Waals surface area contributed by atoms with Crippen molar-refractivity contribution < 1.29 is 14.7 Å². The molecule has 7 nitrogen and oxygen atoms in total. The van der Waals surface area contributed by atoms with Crippen LogP contribution in [0, 0.1) is 13.8 Å². The van der Waals surface area contributed by atoms with Crippen LogP contribution in [0.1, 0.15) is 28.4 Å². The van der Waals surface area contributed by atoms with Gasteiger partial charge in [-0.05, 0) is 49.2 Å². The number of benzene rings is 3. The number of aromatic nitrogens is 2. The van der Waals surface area contributed by atoms with E-state index in [0.717, 1.165) is 14.9 Å². The lowest BCUT2D eigenvalue weighted by Crippen LogP contribution is -2.47. The molecule has 0 bridgehead atoms. The Morgan fingerprint density at radius 2 is 1.46 bits per heavy atom. The second kappa shape index (κ2) is 9.37. The number of Topliss-reactive ketones (excluding diaryl/α,β-unsaturated/α-hetero) is 1. The van der Waals surface area contributed by atoms with E-state index in [1.165, 1.54) is 4.68 Å². The van der Waals surface area contributed by atoms with Crippen LogP contribution in [-0.2, 0) is 16.6 Å². The Kier molecular flexibility index (Phi) is 6.21. The summed E-state index contributed by atoms with van der Waals surface area (Å²) in [6.07, 6.45) is 0. The van der Waals surface area contributed by atoms with Crippen molar-refractivity contribution in [2.45, 2.75) is 19.9 Å². The van der Waals surface area contributed by atoms with E-state index in [4.69, 9.17) is 0 Å². The molecule has 1 atom stereocenters. The van der Waals surface area contributed by atoms with Gasteiger partial charge < -0.3 is 5.11 Å². The van der Waals surface area contributed by atoms with Crippen LogP contribution in [0.2, 0.25) is 0 Å². The Balaban J connectivity index is 1.77. The van der Waals surface area contributed by atoms with Gasteiger partial charge in [0.25, 0.3) is 11.5 Å². The Morgan fingerprint density at radius 3 is 2.08 bits per heavy atom. The van der Waals surface area contributed by atoms with Gasteiger partial charge in [0, 0.05) is 11.5 Å². The summed E-state index contributed by atoms with van der Waals surface area (Å²) < 4.78 is 3.88. The number of para-hydroxylation sites is 1. The molecule has 1 amide bonds. The smallest absolute Gasteiger partial charge is 0.295 e. The quantitative estimate of drug-likeness (QED) is 0.374. The Labute approximate surface area is 222 Å². The van der Waals surface area contributed by atoms with Gasteiger partial charge >= 0.3 is 0 Å². The molecule has 186 valence electrons. The third kappa shape index (κ3) is 4.03. The molecule has 8 heteroatoms. The summed E-state index contributed by atoms with van der Waals surface area (Å²) in [6, 6.07) is 21.9. The summed E-state index contributed by atoms with van der Waals surface area (Å²) in [5.41, 5.74) is 2.52. The molecule has 1 aliphatic rings. The van der Waals surface area contributed by atoms with E-state index in [-0.39, 0.29) is 11.3 Å². The van der Waals surface area contributed by atoms with Crippen LogP contribution in [0.15, 0.2) is 93.9 Å². The SMILES string of the molecule is Cc1ccc(C2=C(O)C(=O)N(c3c(C)n(C)n(-c4ccccc4)c3=O)[C@@H](c3ccc(Br)cc3)C2=O)cc1. The van der Waals surface area contributed by atoms with Gasteiger partial charge in [-0.1, -0.05) is 76.1 Å². The number of carbonyl (C=O) groups excluding carboxylic acids is 2. The van der Waals surface area contributed by atoms with E-state index in [9.17, 15) is 19.5 Å². The van der Waals surface area contributed by atoms with E-state index in [1.54, 1.807) is 67.2 Å². The first kappa shape index (κ1) is 24.5. The fourth-order valence-electron chi connectivity index (χ4n) is 4.72. The molecule has 0 saturated carbocycles. The number of rotatable bonds is 4. The molecule has 2 heterocycles. The number of aliphatic hydroxyl groups excluding tert-OH is 1. The molecule has 5 rings (SSSR count). The van der Waals surface area contributed by atoms with Crippen molar-refractivity contribution in [3.8, 4) is 5.69 Å². The highest BCUT2D eigenvalue weighted by molar-refractivity contribution is 9.10. The molecule has 1 aliphatic heterocycles. The van der Waals surface area contributed by atoms with Crippen molar-refractivity contribution in [1.82, 2.24) is 9.36 Å². The van der Waals surface area contributed by atoms with Gasteiger partial charge in [0.2, 0.25) is 0 Å². The number of amides is 1. The van der Waals surface area contributed by atoms with E-state index < -0.39 is 29.1 Å². The lowest BCUT2D eigenvalue weighted by molar-refractivity contribution is -0.123. The summed E-state index contributed by atoms with van der Waals surface area (Å²) in [5.74, 6) is -1.97. The van der Waals surface area contributed by atoms with Crippen molar-refractivity contribution in [2.75, 3.05) is 4.90 Å². The van der Waals surface area contributed by atoms with Crippen LogP contribution in [0.4, 0.5) is 5.69 Å². The first-order chi connectivity index (χ1) is 17.7. The number of anilines is 1. The zero-order valence-corrected chi connectivity index (χ0v) is 22.1. The van der Waals surface area contributed by atoms with E-state index >= 15 is 0 Å². The summed E-state index contributed by atoms with van der Waals surface area (Å²) >= 11 is 3.41. The van der Waals surface area contributed by atoms with E-state index in [0.29, 0.717) is 22.5 Å². The van der Waals surface area contributed by atoms with Crippen molar-refractivity contribution >= 4 is 38.9 Å². The van der Waals surface area contributed by atoms with Crippen LogP contribution in [0.25, 0.3) is 11.3 Å².